The van der Waals surface area contributed by atoms with Gasteiger partial charge in [0.25, 0.3) is 0 Å². The molecule has 0 unspecified atom stereocenters. The van der Waals surface area contributed by atoms with Gasteiger partial charge in [-0.1, -0.05) is 44.1 Å². The molecule has 24 heavy (non-hydrogen) atoms. The molecule has 4 rings (SSSR count). The molecule has 1 aromatic carbocycles. The fourth-order valence-electron chi connectivity index (χ4n) is 6.39. The molecule has 2 saturated carbocycles. The molecule has 1 heteroatoms. The molecular formula is C23H32O. The van der Waals surface area contributed by atoms with Gasteiger partial charge in [-0.05, 0) is 91.7 Å². The average Bonchev–Trinajstić information content (AvgIpc) is 2.56. The van der Waals surface area contributed by atoms with Gasteiger partial charge in [0.2, 0.25) is 0 Å². The van der Waals surface area contributed by atoms with Gasteiger partial charge in [0.05, 0.1) is 0 Å². The van der Waals surface area contributed by atoms with E-state index in [0.717, 1.165) is 30.1 Å². The summed E-state index contributed by atoms with van der Waals surface area (Å²) in [6.07, 6.45) is 17.5. The minimum atomic E-state index is 0.420. The zero-order chi connectivity index (χ0) is 16.6. The Kier molecular flexibility index (Phi) is 4.45. The van der Waals surface area contributed by atoms with Crippen LogP contribution in [0.3, 0.4) is 0 Å². The van der Waals surface area contributed by atoms with E-state index in [4.69, 9.17) is 0 Å². The van der Waals surface area contributed by atoms with Crippen LogP contribution >= 0.6 is 0 Å². The van der Waals surface area contributed by atoms with E-state index in [-0.39, 0.29) is 0 Å². The molecule has 3 aliphatic rings. The minimum Gasteiger partial charge on any atom is -0.508 e. The van der Waals surface area contributed by atoms with Gasteiger partial charge in [-0.15, -0.1) is 0 Å². The summed E-state index contributed by atoms with van der Waals surface area (Å²) in [5, 5.41) is 9.79. The average molecular weight is 325 g/mol. The van der Waals surface area contributed by atoms with Crippen LogP contribution in [0.5, 0.6) is 5.75 Å². The van der Waals surface area contributed by atoms with E-state index in [1.165, 1.54) is 56.9 Å². The van der Waals surface area contributed by atoms with Crippen molar-refractivity contribution in [3.8, 4) is 5.75 Å². The van der Waals surface area contributed by atoms with E-state index in [0.29, 0.717) is 11.2 Å². The molecule has 1 spiro atoms. The summed E-state index contributed by atoms with van der Waals surface area (Å²) >= 11 is 0. The van der Waals surface area contributed by atoms with E-state index in [1.54, 1.807) is 6.07 Å². The number of phenolic OH excluding ortho intramolecular Hbond substituents is 1. The van der Waals surface area contributed by atoms with Crippen LogP contribution in [0, 0.1) is 29.1 Å². The Hall–Kier alpha value is -1.24. The zero-order valence-corrected chi connectivity index (χ0v) is 15.1. The molecule has 2 fully saturated rings. The van der Waals surface area contributed by atoms with Gasteiger partial charge in [-0.3, -0.25) is 0 Å². The second-order valence-corrected chi connectivity index (χ2v) is 8.91. The molecule has 130 valence electrons. The number of rotatable bonds is 2. The maximum Gasteiger partial charge on any atom is 0.115 e. The number of hydrogen-bond donors (Lipinski definition) is 1. The van der Waals surface area contributed by atoms with Gasteiger partial charge in [0.1, 0.15) is 5.75 Å². The number of benzene rings is 1. The van der Waals surface area contributed by atoms with Crippen LogP contribution in [0.1, 0.15) is 63.9 Å². The van der Waals surface area contributed by atoms with Crippen LogP contribution in [0.25, 0.3) is 0 Å². The Labute approximate surface area is 147 Å². The molecule has 0 radical (unpaired) electrons. The maximum absolute atomic E-state index is 9.79. The molecule has 0 heterocycles. The van der Waals surface area contributed by atoms with Gasteiger partial charge in [-0.2, -0.15) is 0 Å². The van der Waals surface area contributed by atoms with Crippen LogP contribution in [0.4, 0.5) is 0 Å². The van der Waals surface area contributed by atoms with Crippen molar-refractivity contribution in [1.29, 1.82) is 0 Å². The summed E-state index contributed by atoms with van der Waals surface area (Å²) < 4.78 is 0. The zero-order valence-electron chi connectivity index (χ0n) is 15.1. The Balaban J connectivity index is 1.56. The summed E-state index contributed by atoms with van der Waals surface area (Å²) in [7, 11) is 0. The van der Waals surface area contributed by atoms with Crippen molar-refractivity contribution in [2.24, 2.45) is 29.1 Å². The third-order valence-electron chi connectivity index (χ3n) is 7.26. The SMILES string of the molecule is C[C@@H]1CC=C[C@@]2(CCC[C@@H]3[C@H](Cc4cccc(O)c4)CCC[C@H]32)C1. The standard InChI is InChI=1S/C23H32O/c1-17-6-4-12-23(16-17)13-5-10-21-19(8-3-11-22(21)23)14-18-7-2-9-20(24)15-18/h2,4,7,9,12,15,17,19,21-22,24H,3,5-6,8,10-11,13-14,16H2,1H3/t17-,19+,21-,22-,23-/m1/s1. The largest absolute Gasteiger partial charge is 0.508 e. The molecule has 0 bridgehead atoms. The summed E-state index contributed by atoms with van der Waals surface area (Å²) in [4.78, 5) is 0. The van der Waals surface area contributed by atoms with Gasteiger partial charge in [0.15, 0.2) is 0 Å². The molecular weight excluding hydrogens is 292 g/mol. The second-order valence-electron chi connectivity index (χ2n) is 8.91. The minimum absolute atomic E-state index is 0.420. The Morgan fingerprint density at radius 3 is 2.92 bits per heavy atom. The molecule has 0 amide bonds. The third-order valence-corrected chi connectivity index (χ3v) is 7.26. The van der Waals surface area contributed by atoms with E-state index in [2.05, 4.69) is 25.1 Å². The van der Waals surface area contributed by atoms with Crippen molar-refractivity contribution in [3.63, 3.8) is 0 Å². The first-order valence-corrected chi connectivity index (χ1v) is 10.1. The number of fused-ring (bicyclic) bond motifs is 2. The molecule has 1 nitrogen and oxygen atoms in total. The lowest BCUT2D eigenvalue weighted by molar-refractivity contribution is -0.00557. The summed E-state index contributed by atoms with van der Waals surface area (Å²) in [6, 6.07) is 7.96. The lowest BCUT2D eigenvalue weighted by Gasteiger charge is -2.54. The van der Waals surface area contributed by atoms with Crippen molar-refractivity contribution in [1.82, 2.24) is 0 Å². The first-order valence-electron chi connectivity index (χ1n) is 10.1. The first-order chi connectivity index (χ1) is 11.7. The second kappa shape index (κ2) is 6.58. The molecule has 5 atom stereocenters. The number of aromatic hydroxyl groups is 1. The van der Waals surface area contributed by atoms with E-state index < -0.39 is 0 Å². The highest BCUT2D eigenvalue weighted by Gasteiger charge is 2.48. The number of hydrogen-bond acceptors (Lipinski definition) is 1. The Morgan fingerprint density at radius 1 is 1.17 bits per heavy atom. The quantitative estimate of drug-likeness (QED) is 0.649. The Bertz CT molecular complexity index is 604. The summed E-state index contributed by atoms with van der Waals surface area (Å²) in [5.74, 6) is 3.89. The molecule has 3 aliphatic carbocycles. The van der Waals surface area contributed by atoms with Crippen LogP contribution in [-0.4, -0.2) is 5.11 Å². The highest BCUT2D eigenvalue weighted by Crippen LogP contribution is 2.57. The fraction of sp³-hybridized carbons (Fsp3) is 0.652. The number of phenols is 1. The van der Waals surface area contributed by atoms with Crippen molar-refractivity contribution in [3.05, 3.63) is 42.0 Å². The van der Waals surface area contributed by atoms with Gasteiger partial charge in [-0.25, -0.2) is 0 Å². The van der Waals surface area contributed by atoms with Crippen molar-refractivity contribution >= 4 is 0 Å². The lowest BCUT2D eigenvalue weighted by atomic mass is 9.51. The highest BCUT2D eigenvalue weighted by atomic mass is 16.3. The molecule has 0 saturated heterocycles. The lowest BCUT2D eigenvalue weighted by Crippen LogP contribution is -2.45. The third kappa shape index (κ3) is 3.03. The maximum atomic E-state index is 9.79. The smallest absolute Gasteiger partial charge is 0.115 e. The highest BCUT2D eigenvalue weighted by molar-refractivity contribution is 5.27. The molecule has 0 aliphatic heterocycles. The Morgan fingerprint density at radius 2 is 2.08 bits per heavy atom. The van der Waals surface area contributed by atoms with Crippen LogP contribution in [-0.2, 0) is 6.42 Å². The van der Waals surface area contributed by atoms with Gasteiger partial charge < -0.3 is 5.11 Å². The fourth-order valence-corrected chi connectivity index (χ4v) is 6.39. The van der Waals surface area contributed by atoms with E-state index in [1.807, 2.05) is 12.1 Å². The van der Waals surface area contributed by atoms with Gasteiger partial charge >= 0.3 is 0 Å². The molecule has 1 N–H and O–H groups in total. The normalized spacial score (nSPS) is 38.9. The van der Waals surface area contributed by atoms with Crippen molar-refractivity contribution < 1.29 is 5.11 Å². The van der Waals surface area contributed by atoms with Crippen LogP contribution < -0.4 is 0 Å². The van der Waals surface area contributed by atoms with E-state index in [9.17, 15) is 5.11 Å². The predicted molar refractivity (Wildman–Crippen MR) is 100.0 cm³/mol. The van der Waals surface area contributed by atoms with Gasteiger partial charge in [0, 0.05) is 0 Å². The number of allylic oxidation sites excluding steroid dienone is 2. The monoisotopic (exact) mass is 324 g/mol. The van der Waals surface area contributed by atoms with Crippen molar-refractivity contribution in [2.45, 2.75) is 64.7 Å². The topological polar surface area (TPSA) is 20.2 Å². The first kappa shape index (κ1) is 16.2. The summed E-state index contributed by atoms with van der Waals surface area (Å²) in [5.41, 5.74) is 1.84. The van der Waals surface area contributed by atoms with E-state index >= 15 is 0 Å². The van der Waals surface area contributed by atoms with Crippen LogP contribution in [0.15, 0.2) is 36.4 Å². The molecule has 1 aromatic rings. The predicted octanol–water partition coefficient (Wildman–Crippen LogP) is 6.12. The molecule has 0 aromatic heterocycles. The van der Waals surface area contributed by atoms with Crippen molar-refractivity contribution in [2.75, 3.05) is 0 Å². The summed E-state index contributed by atoms with van der Waals surface area (Å²) in [6.45, 7) is 2.45. The van der Waals surface area contributed by atoms with Crippen LogP contribution in [0.2, 0.25) is 0 Å².